The maximum Gasteiger partial charge on any atom is 0.426 e. The number of nitrogens with one attached hydrogen (secondary N) is 1. The summed E-state index contributed by atoms with van der Waals surface area (Å²) < 4.78 is 10.6. The molecule has 1 heterocycles. The third-order valence-electron chi connectivity index (χ3n) is 4.32. The molecule has 148 valence electrons. The number of amides is 2. The predicted octanol–water partition coefficient (Wildman–Crippen LogP) is 3.19. The molecule has 7 heteroatoms. The largest absolute Gasteiger partial charge is 0.460 e. The Labute approximate surface area is 160 Å². The third-order valence-corrected chi connectivity index (χ3v) is 4.32. The minimum atomic E-state index is -1.27. The summed E-state index contributed by atoms with van der Waals surface area (Å²) in [5.74, 6) is -1.00. The molecule has 2 amide bonds. The van der Waals surface area contributed by atoms with E-state index in [1.54, 1.807) is 20.8 Å². The van der Waals surface area contributed by atoms with Crippen LogP contribution in [0.25, 0.3) is 0 Å². The highest BCUT2D eigenvalue weighted by Crippen LogP contribution is 2.37. The van der Waals surface area contributed by atoms with Crippen molar-refractivity contribution in [2.45, 2.75) is 59.2 Å². The molecule has 1 aliphatic heterocycles. The highest BCUT2D eigenvalue weighted by Gasteiger charge is 2.53. The second kappa shape index (κ2) is 8.41. The molecule has 1 saturated heterocycles. The molecular formula is C20H28N2O5. The number of nitrogens with zero attached hydrogens (tertiary/aromatic N) is 1. The summed E-state index contributed by atoms with van der Waals surface area (Å²) in [5, 5.41) is 1.16. The van der Waals surface area contributed by atoms with Crippen LogP contribution in [0.4, 0.5) is 4.79 Å². The van der Waals surface area contributed by atoms with E-state index in [-0.39, 0.29) is 13.2 Å². The van der Waals surface area contributed by atoms with E-state index in [2.05, 4.69) is 5.43 Å². The van der Waals surface area contributed by atoms with Gasteiger partial charge in [-0.1, -0.05) is 43.7 Å². The first-order chi connectivity index (χ1) is 12.7. The average molecular weight is 376 g/mol. The van der Waals surface area contributed by atoms with Crippen molar-refractivity contribution in [3.63, 3.8) is 0 Å². The van der Waals surface area contributed by atoms with Crippen molar-refractivity contribution in [2.24, 2.45) is 5.41 Å². The van der Waals surface area contributed by atoms with Crippen molar-refractivity contribution >= 4 is 18.0 Å². The first-order valence-electron chi connectivity index (χ1n) is 9.21. The minimum Gasteiger partial charge on any atom is -0.460 e. The summed E-state index contributed by atoms with van der Waals surface area (Å²) in [6, 6.07) is 9.31. The Bertz CT molecular complexity index is 683. The monoisotopic (exact) mass is 376 g/mol. The lowest BCUT2D eigenvalue weighted by Crippen LogP contribution is -2.49. The molecule has 0 aromatic heterocycles. The summed E-state index contributed by atoms with van der Waals surface area (Å²) in [6.07, 6.45) is 0.586. The van der Waals surface area contributed by atoms with Crippen molar-refractivity contribution in [3.05, 3.63) is 35.9 Å². The molecule has 1 atom stereocenters. The number of benzene rings is 1. The number of rotatable bonds is 6. The Hall–Kier alpha value is -2.57. The fraction of sp³-hybridized carbons (Fsp3) is 0.550. The summed E-state index contributed by atoms with van der Waals surface area (Å²) in [4.78, 5) is 37.7. The number of carbonyl (C=O) groups excluding carboxylic acids is 3. The molecule has 0 saturated carbocycles. The normalized spacial score (nSPS) is 19.7. The molecule has 0 spiro atoms. The van der Waals surface area contributed by atoms with Crippen molar-refractivity contribution < 1.29 is 23.9 Å². The van der Waals surface area contributed by atoms with Gasteiger partial charge in [-0.15, -0.1) is 0 Å². The Morgan fingerprint density at radius 2 is 1.89 bits per heavy atom. The highest BCUT2D eigenvalue weighted by molar-refractivity contribution is 6.04. The van der Waals surface area contributed by atoms with Gasteiger partial charge >= 0.3 is 12.1 Å². The average Bonchev–Trinajstić information content (AvgIpc) is 2.90. The second-order valence-electron chi connectivity index (χ2n) is 7.71. The van der Waals surface area contributed by atoms with E-state index in [4.69, 9.17) is 9.47 Å². The summed E-state index contributed by atoms with van der Waals surface area (Å²) in [7, 11) is 0. The number of hydrogen-bond donors (Lipinski definition) is 1. The summed E-state index contributed by atoms with van der Waals surface area (Å²) in [5.41, 5.74) is 1.35. The van der Waals surface area contributed by atoms with Crippen LogP contribution in [0.15, 0.2) is 30.3 Å². The van der Waals surface area contributed by atoms with Crippen LogP contribution in [0.2, 0.25) is 0 Å². The quantitative estimate of drug-likeness (QED) is 0.609. The number of carbonyl (C=O) groups is 3. The summed E-state index contributed by atoms with van der Waals surface area (Å²) >= 11 is 0. The van der Waals surface area contributed by atoms with E-state index in [0.29, 0.717) is 19.3 Å². The van der Waals surface area contributed by atoms with Crippen LogP contribution in [0.1, 0.15) is 52.5 Å². The fourth-order valence-corrected chi connectivity index (χ4v) is 3.10. The smallest absolute Gasteiger partial charge is 0.426 e. The van der Waals surface area contributed by atoms with E-state index < -0.39 is 29.0 Å². The van der Waals surface area contributed by atoms with Gasteiger partial charge in [0.05, 0.1) is 0 Å². The number of hydrazine groups is 1. The van der Waals surface area contributed by atoms with Crippen molar-refractivity contribution in [1.29, 1.82) is 0 Å². The Kier molecular flexibility index (Phi) is 6.46. The molecule has 1 aromatic rings. The molecule has 1 aromatic carbocycles. The van der Waals surface area contributed by atoms with Crippen molar-refractivity contribution in [2.75, 3.05) is 6.54 Å². The first-order valence-corrected chi connectivity index (χ1v) is 9.21. The first kappa shape index (κ1) is 20.7. The second-order valence-corrected chi connectivity index (χ2v) is 7.71. The van der Waals surface area contributed by atoms with Gasteiger partial charge in [-0.3, -0.25) is 14.6 Å². The molecule has 7 nitrogen and oxygen atoms in total. The molecule has 1 fully saturated rings. The predicted molar refractivity (Wildman–Crippen MR) is 99.3 cm³/mol. The van der Waals surface area contributed by atoms with Gasteiger partial charge in [0, 0.05) is 6.54 Å². The zero-order valence-corrected chi connectivity index (χ0v) is 16.4. The van der Waals surface area contributed by atoms with Gasteiger partial charge in [-0.2, -0.15) is 0 Å². The summed E-state index contributed by atoms with van der Waals surface area (Å²) in [6.45, 7) is 7.46. The lowest BCUT2D eigenvalue weighted by molar-refractivity contribution is -0.163. The van der Waals surface area contributed by atoms with Gasteiger partial charge < -0.3 is 9.47 Å². The number of ether oxygens (including phenoxy) is 2. The van der Waals surface area contributed by atoms with E-state index >= 15 is 0 Å². The van der Waals surface area contributed by atoms with Crippen molar-refractivity contribution in [1.82, 2.24) is 10.4 Å². The van der Waals surface area contributed by atoms with E-state index in [1.807, 2.05) is 37.3 Å². The van der Waals surface area contributed by atoms with Gasteiger partial charge in [0.25, 0.3) is 5.91 Å². The molecule has 27 heavy (non-hydrogen) atoms. The van der Waals surface area contributed by atoms with Crippen LogP contribution in [-0.2, 0) is 25.7 Å². The topological polar surface area (TPSA) is 84.9 Å². The van der Waals surface area contributed by atoms with E-state index in [0.717, 1.165) is 10.6 Å². The zero-order chi connectivity index (χ0) is 20.1. The lowest BCUT2D eigenvalue weighted by atomic mass is 9.82. The van der Waals surface area contributed by atoms with Crippen LogP contribution < -0.4 is 5.43 Å². The van der Waals surface area contributed by atoms with E-state index in [9.17, 15) is 14.4 Å². The van der Waals surface area contributed by atoms with Crippen LogP contribution >= 0.6 is 0 Å². The Morgan fingerprint density at radius 1 is 1.22 bits per heavy atom. The van der Waals surface area contributed by atoms with Crippen molar-refractivity contribution in [3.8, 4) is 0 Å². The van der Waals surface area contributed by atoms with Crippen LogP contribution in [0.3, 0.4) is 0 Å². The highest BCUT2D eigenvalue weighted by atomic mass is 16.6. The standard InChI is InChI=1S/C20H28N2O5/c1-5-11-20(17(24)26-14-15-9-7-6-8-10-15)12-13-22(16(20)23)21-18(25)27-19(2,3)4/h6-10H,5,11-14H2,1-4H3,(H,21,25)/t20-/m0/s1. The lowest BCUT2D eigenvalue weighted by Gasteiger charge is -2.26. The molecule has 0 radical (unpaired) electrons. The van der Waals surface area contributed by atoms with Crippen LogP contribution in [0, 0.1) is 5.41 Å². The number of esters is 1. The molecule has 0 unspecified atom stereocenters. The van der Waals surface area contributed by atoms with Crippen LogP contribution in [-0.4, -0.2) is 35.1 Å². The van der Waals surface area contributed by atoms with Gasteiger partial charge in [0.15, 0.2) is 0 Å². The van der Waals surface area contributed by atoms with Gasteiger partial charge in [0.1, 0.15) is 17.6 Å². The van der Waals surface area contributed by atoms with Gasteiger partial charge in [0.2, 0.25) is 0 Å². The SMILES string of the molecule is CCC[C@]1(C(=O)OCc2ccccc2)CCN(NC(=O)OC(C)(C)C)C1=O. The van der Waals surface area contributed by atoms with Gasteiger partial charge in [-0.25, -0.2) is 10.2 Å². The molecule has 1 aliphatic rings. The van der Waals surface area contributed by atoms with Gasteiger partial charge in [-0.05, 0) is 39.2 Å². The number of hydrogen-bond acceptors (Lipinski definition) is 5. The Balaban J connectivity index is 2.05. The Morgan fingerprint density at radius 3 is 2.48 bits per heavy atom. The zero-order valence-electron chi connectivity index (χ0n) is 16.4. The molecule has 0 aliphatic carbocycles. The van der Waals surface area contributed by atoms with E-state index in [1.165, 1.54) is 0 Å². The molecule has 2 rings (SSSR count). The molecule has 1 N–H and O–H groups in total. The molecule has 0 bridgehead atoms. The maximum absolute atomic E-state index is 12.9. The minimum absolute atomic E-state index is 0.109. The van der Waals surface area contributed by atoms with Crippen LogP contribution in [0.5, 0.6) is 0 Å². The fourth-order valence-electron chi connectivity index (χ4n) is 3.10. The molecular weight excluding hydrogens is 348 g/mol. The third kappa shape index (κ3) is 5.21. The maximum atomic E-state index is 12.9.